The summed E-state index contributed by atoms with van der Waals surface area (Å²) in [4.78, 5) is 14.6. The van der Waals surface area contributed by atoms with E-state index in [0.717, 1.165) is 31.5 Å². The summed E-state index contributed by atoms with van der Waals surface area (Å²) in [6.45, 7) is 5.55. The first-order valence-electron chi connectivity index (χ1n) is 7.22. The predicted octanol–water partition coefficient (Wildman–Crippen LogP) is 2.20. The molecule has 1 aliphatic heterocycles. The summed E-state index contributed by atoms with van der Waals surface area (Å²) in [5, 5.41) is 0. The molecule has 1 aromatic carbocycles. The van der Waals surface area contributed by atoms with Gasteiger partial charge in [-0.25, -0.2) is 0 Å². The molecule has 1 amide bonds. The highest BCUT2D eigenvalue weighted by molar-refractivity contribution is 5.97. The minimum Gasteiger partial charge on any atom is -0.496 e. The Bertz CT molecular complexity index is 485. The third-order valence-corrected chi connectivity index (χ3v) is 4.07. The van der Waals surface area contributed by atoms with Crippen LogP contribution in [0.5, 0.6) is 5.75 Å². The summed E-state index contributed by atoms with van der Waals surface area (Å²) in [5.74, 6) is 1.09. The molecule has 0 aromatic heterocycles. The first kappa shape index (κ1) is 14.9. The van der Waals surface area contributed by atoms with E-state index < -0.39 is 0 Å². The molecule has 4 heteroatoms. The molecule has 1 aliphatic rings. The number of ether oxygens (including phenoxy) is 1. The highest BCUT2D eigenvalue weighted by atomic mass is 16.5. The molecule has 1 heterocycles. The van der Waals surface area contributed by atoms with Crippen LogP contribution in [0.15, 0.2) is 18.2 Å². The quantitative estimate of drug-likeness (QED) is 0.921. The highest BCUT2D eigenvalue weighted by Gasteiger charge is 2.27. The van der Waals surface area contributed by atoms with Crippen molar-refractivity contribution >= 4 is 5.91 Å². The van der Waals surface area contributed by atoms with Crippen molar-refractivity contribution in [2.75, 3.05) is 20.2 Å². The van der Waals surface area contributed by atoms with E-state index in [4.69, 9.17) is 10.5 Å². The monoisotopic (exact) mass is 276 g/mol. The summed E-state index contributed by atoms with van der Waals surface area (Å²) in [5.41, 5.74) is 7.70. The maximum atomic E-state index is 12.7. The van der Waals surface area contributed by atoms with Gasteiger partial charge in [0.2, 0.25) is 0 Å². The number of benzene rings is 1. The van der Waals surface area contributed by atoms with Crippen molar-refractivity contribution in [1.82, 2.24) is 4.90 Å². The molecule has 1 aromatic rings. The average Bonchev–Trinajstić information content (AvgIpc) is 2.46. The molecule has 4 nitrogen and oxygen atoms in total. The summed E-state index contributed by atoms with van der Waals surface area (Å²) < 4.78 is 5.31. The van der Waals surface area contributed by atoms with Gasteiger partial charge < -0.3 is 15.4 Å². The second kappa shape index (κ2) is 6.27. The van der Waals surface area contributed by atoms with Gasteiger partial charge in [0.25, 0.3) is 5.91 Å². The summed E-state index contributed by atoms with van der Waals surface area (Å²) in [6, 6.07) is 5.84. The number of carbonyl (C=O) groups excluding carboxylic acids is 1. The summed E-state index contributed by atoms with van der Waals surface area (Å²) >= 11 is 0. The van der Waals surface area contributed by atoms with E-state index in [2.05, 4.69) is 0 Å². The molecule has 2 rings (SSSR count). The maximum absolute atomic E-state index is 12.7. The third kappa shape index (κ3) is 3.12. The number of rotatable bonds is 3. The van der Waals surface area contributed by atoms with Crippen molar-refractivity contribution in [2.45, 2.75) is 32.7 Å². The second-order valence-electron chi connectivity index (χ2n) is 5.72. The third-order valence-electron chi connectivity index (χ3n) is 4.07. The molecule has 0 aliphatic carbocycles. The van der Waals surface area contributed by atoms with E-state index in [0.29, 0.717) is 17.2 Å². The first-order chi connectivity index (χ1) is 9.52. The van der Waals surface area contributed by atoms with Gasteiger partial charge in [-0.2, -0.15) is 0 Å². The molecule has 0 spiro atoms. The molecule has 0 bridgehead atoms. The minimum atomic E-state index is 0.0518. The molecule has 110 valence electrons. The Morgan fingerprint density at radius 2 is 2.25 bits per heavy atom. The van der Waals surface area contributed by atoms with Crippen molar-refractivity contribution in [3.05, 3.63) is 29.3 Å². The number of hydrogen-bond donors (Lipinski definition) is 1. The van der Waals surface area contributed by atoms with Gasteiger partial charge in [0.05, 0.1) is 12.7 Å². The van der Waals surface area contributed by atoms with Crippen LogP contribution in [0, 0.1) is 12.8 Å². The SMILES string of the molecule is COc1ccc(C)cc1C(=O)N1CCCC(C(C)N)C1. The predicted molar refractivity (Wildman–Crippen MR) is 80.0 cm³/mol. The maximum Gasteiger partial charge on any atom is 0.257 e. The Morgan fingerprint density at radius 3 is 2.90 bits per heavy atom. The lowest BCUT2D eigenvalue weighted by Gasteiger charge is -2.35. The van der Waals surface area contributed by atoms with Gasteiger partial charge >= 0.3 is 0 Å². The number of piperidine rings is 1. The van der Waals surface area contributed by atoms with Crippen molar-refractivity contribution in [3.63, 3.8) is 0 Å². The van der Waals surface area contributed by atoms with Gasteiger partial charge in [-0.3, -0.25) is 4.79 Å². The fourth-order valence-corrected chi connectivity index (χ4v) is 2.78. The minimum absolute atomic E-state index is 0.0518. The molecular formula is C16H24N2O2. The molecule has 20 heavy (non-hydrogen) atoms. The zero-order valence-corrected chi connectivity index (χ0v) is 12.6. The Labute approximate surface area is 120 Å². The van der Waals surface area contributed by atoms with E-state index in [1.165, 1.54) is 0 Å². The van der Waals surface area contributed by atoms with Crippen LogP contribution in [0.3, 0.4) is 0 Å². The first-order valence-corrected chi connectivity index (χ1v) is 7.22. The summed E-state index contributed by atoms with van der Waals surface area (Å²) in [7, 11) is 1.60. The number of hydrogen-bond acceptors (Lipinski definition) is 3. The van der Waals surface area contributed by atoms with Gasteiger partial charge in [-0.15, -0.1) is 0 Å². The van der Waals surface area contributed by atoms with Crippen LogP contribution in [0.4, 0.5) is 0 Å². The van der Waals surface area contributed by atoms with Gasteiger partial charge in [-0.1, -0.05) is 11.6 Å². The van der Waals surface area contributed by atoms with Gasteiger partial charge in [0, 0.05) is 19.1 Å². The molecule has 0 saturated carbocycles. The lowest BCUT2D eigenvalue weighted by Crippen LogP contribution is -2.45. The Balaban J connectivity index is 2.20. The standard InChI is InChI=1S/C16H24N2O2/c1-11-6-7-15(20-3)14(9-11)16(19)18-8-4-5-13(10-18)12(2)17/h6-7,9,12-13H,4-5,8,10,17H2,1-3H3. The van der Waals surface area contributed by atoms with Crippen molar-refractivity contribution in [2.24, 2.45) is 11.7 Å². The molecular weight excluding hydrogens is 252 g/mol. The van der Waals surface area contributed by atoms with Crippen LogP contribution < -0.4 is 10.5 Å². The van der Waals surface area contributed by atoms with E-state index in [1.54, 1.807) is 7.11 Å². The van der Waals surface area contributed by atoms with Crippen molar-refractivity contribution in [3.8, 4) is 5.75 Å². The van der Waals surface area contributed by atoms with Gasteiger partial charge in [-0.05, 0) is 44.7 Å². The Morgan fingerprint density at radius 1 is 1.50 bits per heavy atom. The number of likely N-dealkylation sites (tertiary alicyclic amines) is 1. The van der Waals surface area contributed by atoms with E-state index in [-0.39, 0.29) is 11.9 Å². The number of methoxy groups -OCH3 is 1. The highest BCUT2D eigenvalue weighted by Crippen LogP contribution is 2.25. The van der Waals surface area contributed by atoms with Crippen LogP contribution in [0.2, 0.25) is 0 Å². The number of nitrogens with zero attached hydrogens (tertiary/aromatic N) is 1. The molecule has 0 radical (unpaired) electrons. The normalized spacial score (nSPS) is 20.6. The molecule has 2 N–H and O–H groups in total. The topological polar surface area (TPSA) is 55.6 Å². The lowest BCUT2D eigenvalue weighted by molar-refractivity contribution is 0.0657. The van der Waals surface area contributed by atoms with E-state index in [1.807, 2.05) is 36.9 Å². The molecule has 1 saturated heterocycles. The fraction of sp³-hybridized carbons (Fsp3) is 0.562. The van der Waals surface area contributed by atoms with E-state index >= 15 is 0 Å². The van der Waals surface area contributed by atoms with Crippen LogP contribution in [0.25, 0.3) is 0 Å². The fourth-order valence-electron chi connectivity index (χ4n) is 2.78. The van der Waals surface area contributed by atoms with Crippen LogP contribution in [-0.4, -0.2) is 37.0 Å². The lowest BCUT2D eigenvalue weighted by atomic mass is 9.91. The van der Waals surface area contributed by atoms with Crippen molar-refractivity contribution < 1.29 is 9.53 Å². The molecule has 2 unspecified atom stereocenters. The van der Waals surface area contributed by atoms with E-state index in [9.17, 15) is 4.79 Å². The Kier molecular flexibility index (Phi) is 4.65. The van der Waals surface area contributed by atoms with Crippen LogP contribution in [0.1, 0.15) is 35.7 Å². The number of nitrogens with two attached hydrogens (primary N) is 1. The smallest absolute Gasteiger partial charge is 0.257 e. The van der Waals surface area contributed by atoms with Gasteiger partial charge in [0.1, 0.15) is 5.75 Å². The van der Waals surface area contributed by atoms with Crippen molar-refractivity contribution in [1.29, 1.82) is 0 Å². The zero-order valence-electron chi connectivity index (χ0n) is 12.6. The average molecular weight is 276 g/mol. The second-order valence-corrected chi connectivity index (χ2v) is 5.72. The molecule has 1 fully saturated rings. The zero-order chi connectivity index (χ0) is 14.7. The number of carbonyl (C=O) groups is 1. The van der Waals surface area contributed by atoms with Crippen LogP contribution >= 0.6 is 0 Å². The molecule has 2 atom stereocenters. The van der Waals surface area contributed by atoms with Gasteiger partial charge in [0.15, 0.2) is 0 Å². The largest absolute Gasteiger partial charge is 0.496 e. The summed E-state index contributed by atoms with van der Waals surface area (Å²) in [6.07, 6.45) is 2.12. The number of aryl methyl sites for hydroxylation is 1. The number of amides is 1. The Hall–Kier alpha value is -1.55. The van der Waals surface area contributed by atoms with Crippen LogP contribution in [-0.2, 0) is 0 Å².